The Morgan fingerprint density at radius 2 is 2.27 bits per heavy atom. The summed E-state index contributed by atoms with van der Waals surface area (Å²) in [4.78, 5) is 23.5. The average molecular weight is 311 g/mol. The summed E-state index contributed by atoms with van der Waals surface area (Å²) in [6.45, 7) is 2.01. The van der Waals surface area contributed by atoms with Crippen LogP contribution < -0.4 is 5.43 Å². The van der Waals surface area contributed by atoms with Crippen LogP contribution in [0.4, 0.5) is 0 Å². The normalized spacial score (nSPS) is 18.3. The zero-order valence-corrected chi connectivity index (χ0v) is 12.6. The van der Waals surface area contributed by atoms with Crippen molar-refractivity contribution in [2.75, 3.05) is 0 Å². The number of nitrogens with one attached hydrogen (secondary N) is 2. The molecule has 1 aliphatic heterocycles. The van der Waals surface area contributed by atoms with E-state index in [-0.39, 0.29) is 11.8 Å². The second-order valence-electron chi connectivity index (χ2n) is 5.33. The smallest absolute Gasteiger partial charge is 0.240 e. The van der Waals surface area contributed by atoms with Gasteiger partial charge < -0.3 is 4.98 Å². The Balaban J connectivity index is 1.76. The molecular weight excluding hydrogens is 298 g/mol. The highest BCUT2D eigenvalue weighted by Gasteiger charge is 2.22. The van der Waals surface area contributed by atoms with Crippen molar-refractivity contribution in [3.05, 3.63) is 34.7 Å². The van der Waals surface area contributed by atoms with E-state index in [1.54, 1.807) is 16.8 Å². The summed E-state index contributed by atoms with van der Waals surface area (Å²) < 4.78 is 0. The average Bonchev–Trinajstić information content (AvgIpc) is 3.15. The van der Waals surface area contributed by atoms with Gasteiger partial charge in [0.15, 0.2) is 5.82 Å². The van der Waals surface area contributed by atoms with Crippen LogP contribution in [0.2, 0.25) is 0 Å². The van der Waals surface area contributed by atoms with Crippen LogP contribution in [0.15, 0.2) is 34.2 Å². The number of imidazole rings is 1. The highest BCUT2D eigenvalue weighted by molar-refractivity contribution is 7.07. The molecule has 0 bridgehead atoms. The molecule has 2 N–H and O–H groups in total. The minimum absolute atomic E-state index is 0.0373. The topological polar surface area (TPSA) is 83.0 Å². The van der Waals surface area contributed by atoms with E-state index in [1.165, 1.54) is 0 Å². The van der Waals surface area contributed by atoms with Crippen LogP contribution in [-0.2, 0) is 4.79 Å². The maximum absolute atomic E-state index is 11.4. The molecule has 22 heavy (non-hydrogen) atoms. The predicted molar refractivity (Wildman–Crippen MR) is 85.7 cm³/mol. The quantitative estimate of drug-likeness (QED) is 0.763. The van der Waals surface area contributed by atoms with Gasteiger partial charge >= 0.3 is 0 Å². The summed E-state index contributed by atoms with van der Waals surface area (Å²) in [6, 6.07) is 5.97. The molecule has 6 nitrogen and oxygen atoms in total. The number of rotatable bonds is 2. The number of thiazole rings is 1. The van der Waals surface area contributed by atoms with Crippen LogP contribution in [0.1, 0.15) is 18.9 Å². The number of carbonyl (C=O) groups excluding carboxylic acids is 1. The molecule has 0 spiro atoms. The molecule has 0 fully saturated rings. The molecule has 0 radical (unpaired) electrons. The van der Waals surface area contributed by atoms with Gasteiger partial charge in [-0.2, -0.15) is 5.10 Å². The number of aromatic amines is 1. The molecule has 3 heterocycles. The molecule has 7 heteroatoms. The number of hydrogen-bond acceptors (Lipinski definition) is 5. The number of hydrogen-bond donors (Lipinski definition) is 2. The first-order valence-electron chi connectivity index (χ1n) is 6.96. The largest absolute Gasteiger partial charge is 0.337 e. The molecule has 1 aromatic carbocycles. The summed E-state index contributed by atoms with van der Waals surface area (Å²) in [6.07, 6.45) is 0.462. The zero-order chi connectivity index (χ0) is 15.1. The van der Waals surface area contributed by atoms with Crippen molar-refractivity contribution in [1.82, 2.24) is 20.4 Å². The Bertz CT molecular complexity index is 881. The van der Waals surface area contributed by atoms with Gasteiger partial charge in [-0.1, -0.05) is 13.0 Å². The monoisotopic (exact) mass is 311 g/mol. The summed E-state index contributed by atoms with van der Waals surface area (Å²) in [7, 11) is 0. The van der Waals surface area contributed by atoms with E-state index < -0.39 is 0 Å². The second kappa shape index (κ2) is 5.03. The lowest BCUT2D eigenvalue weighted by Gasteiger charge is -2.18. The molecule has 4 rings (SSSR count). The van der Waals surface area contributed by atoms with Gasteiger partial charge in [0, 0.05) is 23.3 Å². The lowest BCUT2D eigenvalue weighted by Crippen LogP contribution is -2.31. The SMILES string of the molecule is CC1CC(=O)NN=C1c1ccc2nc(-c3cscn3)[nH]c2c1. The molecule has 3 aromatic rings. The number of aromatic nitrogens is 3. The van der Waals surface area contributed by atoms with E-state index in [4.69, 9.17) is 0 Å². The van der Waals surface area contributed by atoms with Crippen LogP contribution in [0, 0.1) is 5.92 Å². The maximum Gasteiger partial charge on any atom is 0.240 e. The standard InChI is InChI=1S/C15H13N5OS/c1-8-4-13(21)19-20-14(8)9-2-3-10-11(5-9)18-15(17-10)12-6-22-7-16-12/h2-3,5-8H,4H2,1H3,(H,17,18)(H,19,21). The van der Waals surface area contributed by atoms with Gasteiger partial charge in [0.1, 0.15) is 5.69 Å². The lowest BCUT2D eigenvalue weighted by molar-refractivity contribution is -0.121. The fourth-order valence-corrected chi connectivity index (χ4v) is 3.16. The number of carbonyl (C=O) groups is 1. The minimum atomic E-state index is -0.0373. The summed E-state index contributed by atoms with van der Waals surface area (Å²) in [5.74, 6) is 0.831. The van der Waals surface area contributed by atoms with Crippen molar-refractivity contribution < 1.29 is 4.79 Å². The summed E-state index contributed by atoms with van der Waals surface area (Å²) in [5, 5.41) is 6.16. The number of nitrogens with zero attached hydrogens (tertiary/aromatic N) is 3. The van der Waals surface area contributed by atoms with Gasteiger partial charge in [0.25, 0.3) is 0 Å². The van der Waals surface area contributed by atoms with E-state index in [0.717, 1.165) is 33.8 Å². The van der Waals surface area contributed by atoms with E-state index in [2.05, 4.69) is 25.5 Å². The molecular formula is C15H13N5OS. The van der Waals surface area contributed by atoms with Crippen molar-refractivity contribution >= 4 is 34.0 Å². The van der Waals surface area contributed by atoms with Crippen LogP contribution in [0.3, 0.4) is 0 Å². The Labute approximate surface area is 130 Å². The molecule has 1 amide bonds. The first kappa shape index (κ1) is 13.1. The van der Waals surface area contributed by atoms with Crippen molar-refractivity contribution in [2.45, 2.75) is 13.3 Å². The van der Waals surface area contributed by atoms with E-state index >= 15 is 0 Å². The van der Waals surface area contributed by atoms with Gasteiger partial charge in [-0.25, -0.2) is 15.4 Å². The molecule has 0 aliphatic carbocycles. The van der Waals surface area contributed by atoms with Gasteiger partial charge in [0.05, 0.1) is 22.3 Å². The zero-order valence-electron chi connectivity index (χ0n) is 11.8. The van der Waals surface area contributed by atoms with Crippen molar-refractivity contribution in [2.24, 2.45) is 11.0 Å². The summed E-state index contributed by atoms with van der Waals surface area (Å²) >= 11 is 1.54. The minimum Gasteiger partial charge on any atom is -0.337 e. The Kier molecular flexibility index (Phi) is 3.00. The predicted octanol–water partition coefficient (Wildman–Crippen LogP) is 2.55. The molecule has 0 saturated carbocycles. The number of benzene rings is 1. The fraction of sp³-hybridized carbons (Fsp3) is 0.200. The number of amides is 1. The van der Waals surface area contributed by atoms with E-state index in [0.29, 0.717) is 6.42 Å². The number of fused-ring (bicyclic) bond motifs is 1. The molecule has 1 atom stereocenters. The van der Waals surface area contributed by atoms with Crippen LogP contribution >= 0.6 is 11.3 Å². The molecule has 0 saturated heterocycles. The first-order valence-corrected chi connectivity index (χ1v) is 7.90. The van der Waals surface area contributed by atoms with Crippen molar-refractivity contribution in [3.8, 4) is 11.5 Å². The third-order valence-corrected chi connectivity index (χ3v) is 4.30. The molecule has 1 aliphatic rings. The second-order valence-corrected chi connectivity index (χ2v) is 6.05. The fourth-order valence-electron chi connectivity index (χ4n) is 2.62. The van der Waals surface area contributed by atoms with E-state index in [9.17, 15) is 4.79 Å². The lowest BCUT2D eigenvalue weighted by atomic mass is 9.94. The van der Waals surface area contributed by atoms with Gasteiger partial charge in [-0.3, -0.25) is 4.79 Å². The molecule has 2 aromatic heterocycles. The third-order valence-electron chi connectivity index (χ3n) is 3.71. The van der Waals surface area contributed by atoms with Crippen LogP contribution in [0.5, 0.6) is 0 Å². The number of H-pyrrole nitrogens is 1. The van der Waals surface area contributed by atoms with E-state index in [1.807, 2.05) is 30.5 Å². The highest BCUT2D eigenvalue weighted by Crippen LogP contribution is 2.23. The Morgan fingerprint density at radius 3 is 3.05 bits per heavy atom. The van der Waals surface area contributed by atoms with Gasteiger partial charge in [-0.15, -0.1) is 11.3 Å². The highest BCUT2D eigenvalue weighted by atomic mass is 32.1. The Hall–Kier alpha value is -2.54. The maximum atomic E-state index is 11.4. The van der Waals surface area contributed by atoms with Crippen molar-refractivity contribution in [1.29, 1.82) is 0 Å². The third kappa shape index (κ3) is 2.19. The molecule has 110 valence electrons. The van der Waals surface area contributed by atoms with Crippen molar-refractivity contribution in [3.63, 3.8) is 0 Å². The van der Waals surface area contributed by atoms with Gasteiger partial charge in [0.2, 0.25) is 5.91 Å². The first-order chi connectivity index (χ1) is 10.7. The Morgan fingerprint density at radius 1 is 1.36 bits per heavy atom. The van der Waals surface area contributed by atoms with Crippen LogP contribution in [0.25, 0.3) is 22.6 Å². The number of hydrazone groups is 1. The molecule has 1 unspecified atom stereocenters. The summed E-state index contributed by atoms with van der Waals surface area (Å²) in [5.41, 5.74) is 8.90. The van der Waals surface area contributed by atoms with Gasteiger partial charge in [-0.05, 0) is 12.1 Å². The van der Waals surface area contributed by atoms with Crippen LogP contribution in [-0.4, -0.2) is 26.6 Å².